The van der Waals surface area contributed by atoms with E-state index in [1.807, 2.05) is 0 Å². The number of rotatable bonds is 4. The number of hydrogen-bond donors (Lipinski definition) is 1. The molecule has 0 fully saturated rings. The van der Waals surface area contributed by atoms with Crippen LogP contribution in [0.4, 0.5) is 11.4 Å². The molecule has 0 unspecified atom stereocenters. The van der Waals surface area contributed by atoms with Crippen LogP contribution in [0.25, 0.3) is 0 Å². The highest BCUT2D eigenvalue weighted by atomic mass is 16.6. The molecule has 1 N–H and O–H groups in total. The van der Waals surface area contributed by atoms with Gasteiger partial charge in [-0.2, -0.15) is 0 Å². The molecule has 6 heteroatoms. The average Bonchev–Trinajstić information content (AvgIpc) is 2.42. The molecule has 0 aliphatic heterocycles. The maximum atomic E-state index is 11.9. The highest BCUT2D eigenvalue weighted by molar-refractivity contribution is 5.93. The summed E-state index contributed by atoms with van der Waals surface area (Å²) in [6, 6.07) is 9.91. The zero-order valence-corrected chi connectivity index (χ0v) is 10.9. The van der Waals surface area contributed by atoms with Crippen molar-refractivity contribution in [3.8, 4) is 0 Å². The van der Waals surface area contributed by atoms with Crippen LogP contribution in [0, 0.1) is 17.0 Å². The predicted octanol–water partition coefficient (Wildman–Crippen LogP) is 2.48. The van der Waals surface area contributed by atoms with E-state index in [-0.39, 0.29) is 18.0 Å². The Hall–Kier alpha value is -2.76. The van der Waals surface area contributed by atoms with Crippen LogP contribution in [-0.4, -0.2) is 15.8 Å². The first-order valence-electron chi connectivity index (χ1n) is 6.01. The smallest absolute Gasteiger partial charge is 0.274 e. The molecule has 0 aliphatic rings. The third-order valence-corrected chi connectivity index (χ3v) is 2.84. The molecule has 0 spiro atoms. The van der Waals surface area contributed by atoms with Crippen molar-refractivity contribution in [2.45, 2.75) is 13.3 Å². The molecule has 0 bridgehead atoms. The van der Waals surface area contributed by atoms with Gasteiger partial charge in [-0.3, -0.25) is 19.9 Å². The molecular formula is C14H13N3O3. The van der Waals surface area contributed by atoms with Gasteiger partial charge in [0.1, 0.15) is 0 Å². The van der Waals surface area contributed by atoms with Crippen molar-refractivity contribution < 1.29 is 9.72 Å². The van der Waals surface area contributed by atoms with E-state index in [1.54, 1.807) is 43.5 Å². The number of benzene rings is 1. The van der Waals surface area contributed by atoms with E-state index in [0.717, 1.165) is 0 Å². The van der Waals surface area contributed by atoms with Crippen molar-refractivity contribution >= 4 is 17.3 Å². The fourth-order valence-corrected chi connectivity index (χ4v) is 1.82. The van der Waals surface area contributed by atoms with Gasteiger partial charge in [-0.15, -0.1) is 0 Å². The van der Waals surface area contributed by atoms with Crippen molar-refractivity contribution in [2.24, 2.45) is 0 Å². The minimum Gasteiger partial charge on any atom is -0.325 e. The number of nitrogens with zero attached hydrogens (tertiary/aromatic N) is 2. The molecule has 20 heavy (non-hydrogen) atoms. The lowest BCUT2D eigenvalue weighted by Gasteiger charge is -2.08. The molecule has 0 saturated heterocycles. The number of nitro benzene ring substituents is 1. The summed E-state index contributed by atoms with van der Waals surface area (Å²) in [5.41, 5.74) is 1.51. The van der Waals surface area contributed by atoms with Crippen molar-refractivity contribution in [2.75, 3.05) is 5.32 Å². The van der Waals surface area contributed by atoms with Crippen molar-refractivity contribution in [3.63, 3.8) is 0 Å². The Balaban J connectivity index is 2.12. The van der Waals surface area contributed by atoms with Crippen LogP contribution < -0.4 is 5.32 Å². The fraction of sp³-hybridized carbons (Fsp3) is 0.143. The van der Waals surface area contributed by atoms with Gasteiger partial charge in [0.05, 0.1) is 22.6 Å². The summed E-state index contributed by atoms with van der Waals surface area (Å²) >= 11 is 0. The van der Waals surface area contributed by atoms with Crippen molar-refractivity contribution in [1.29, 1.82) is 0 Å². The zero-order chi connectivity index (χ0) is 14.5. The maximum absolute atomic E-state index is 11.9. The lowest BCUT2D eigenvalue weighted by molar-refractivity contribution is -0.385. The summed E-state index contributed by atoms with van der Waals surface area (Å²) in [7, 11) is 0. The average molecular weight is 271 g/mol. The Morgan fingerprint density at radius 2 is 2.10 bits per heavy atom. The SMILES string of the molecule is Cc1c(NC(=O)Cc2ccccn2)cccc1[N+](=O)[O-]. The Kier molecular flexibility index (Phi) is 4.05. The minimum atomic E-state index is -0.469. The normalized spacial score (nSPS) is 10.1. The van der Waals surface area contributed by atoms with Gasteiger partial charge in [-0.05, 0) is 25.1 Å². The van der Waals surface area contributed by atoms with Crippen molar-refractivity contribution in [1.82, 2.24) is 4.98 Å². The lowest BCUT2D eigenvalue weighted by atomic mass is 10.1. The second kappa shape index (κ2) is 5.92. The summed E-state index contributed by atoms with van der Waals surface area (Å²) < 4.78 is 0. The molecule has 2 aromatic rings. The standard InChI is InChI=1S/C14H13N3O3/c1-10-12(6-4-7-13(10)17(19)20)16-14(18)9-11-5-2-3-8-15-11/h2-8H,9H2,1H3,(H,16,18). The topological polar surface area (TPSA) is 85.1 Å². The highest BCUT2D eigenvalue weighted by Crippen LogP contribution is 2.25. The second-order valence-corrected chi connectivity index (χ2v) is 4.25. The predicted molar refractivity (Wildman–Crippen MR) is 74.4 cm³/mol. The number of carbonyl (C=O) groups excluding carboxylic acids is 1. The number of anilines is 1. The third-order valence-electron chi connectivity index (χ3n) is 2.84. The minimum absolute atomic E-state index is 0.0133. The van der Waals surface area contributed by atoms with Crippen LogP contribution in [0.15, 0.2) is 42.6 Å². The number of hydrogen-bond acceptors (Lipinski definition) is 4. The van der Waals surface area contributed by atoms with Crippen LogP contribution >= 0.6 is 0 Å². The molecule has 1 amide bonds. The first-order valence-corrected chi connectivity index (χ1v) is 6.01. The number of aromatic nitrogens is 1. The van der Waals surface area contributed by atoms with Crippen LogP contribution in [0.3, 0.4) is 0 Å². The van der Waals surface area contributed by atoms with E-state index >= 15 is 0 Å². The Labute approximate surface area is 115 Å². The molecule has 102 valence electrons. The largest absolute Gasteiger partial charge is 0.325 e. The monoisotopic (exact) mass is 271 g/mol. The third kappa shape index (κ3) is 3.17. The van der Waals surface area contributed by atoms with Gasteiger partial charge in [0.15, 0.2) is 0 Å². The Bertz CT molecular complexity index is 641. The van der Waals surface area contributed by atoms with E-state index < -0.39 is 4.92 Å². The summed E-state index contributed by atoms with van der Waals surface area (Å²) in [5.74, 6) is -0.257. The number of pyridine rings is 1. The fourth-order valence-electron chi connectivity index (χ4n) is 1.82. The van der Waals surface area contributed by atoms with Gasteiger partial charge < -0.3 is 5.32 Å². The van der Waals surface area contributed by atoms with Crippen molar-refractivity contribution in [3.05, 3.63) is 64.0 Å². The quantitative estimate of drug-likeness (QED) is 0.683. The van der Waals surface area contributed by atoms with E-state index in [0.29, 0.717) is 16.9 Å². The molecule has 1 aromatic carbocycles. The maximum Gasteiger partial charge on any atom is 0.274 e. The summed E-state index contributed by atoms with van der Waals surface area (Å²) in [6.45, 7) is 1.61. The van der Waals surface area contributed by atoms with Gasteiger partial charge in [0.2, 0.25) is 5.91 Å². The molecule has 0 radical (unpaired) electrons. The zero-order valence-electron chi connectivity index (χ0n) is 10.9. The van der Waals surface area contributed by atoms with Gasteiger partial charge in [0, 0.05) is 18.0 Å². The molecule has 2 rings (SSSR count). The van der Waals surface area contributed by atoms with E-state index in [2.05, 4.69) is 10.3 Å². The molecule has 0 aliphatic carbocycles. The molecule has 0 atom stereocenters. The van der Waals surface area contributed by atoms with Gasteiger partial charge in [-0.1, -0.05) is 12.1 Å². The number of amides is 1. The second-order valence-electron chi connectivity index (χ2n) is 4.25. The molecule has 0 saturated carbocycles. The first-order chi connectivity index (χ1) is 9.58. The van der Waals surface area contributed by atoms with Crippen LogP contribution in [0.1, 0.15) is 11.3 Å². The molecule has 1 heterocycles. The van der Waals surface area contributed by atoms with E-state index in [9.17, 15) is 14.9 Å². The lowest BCUT2D eigenvalue weighted by Crippen LogP contribution is -2.16. The van der Waals surface area contributed by atoms with Gasteiger partial charge >= 0.3 is 0 Å². The van der Waals surface area contributed by atoms with Crippen LogP contribution in [-0.2, 0) is 11.2 Å². The summed E-state index contributed by atoms with van der Waals surface area (Å²) in [4.78, 5) is 26.3. The summed E-state index contributed by atoms with van der Waals surface area (Å²) in [6.07, 6.45) is 1.74. The van der Waals surface area contributed by atoms with Crippen LogP contribution in [0.5, 0.6) is 0 Å². The molecular weight excluding hydrogens is 258 g/mol. The molecule has 1 aromatic heterocycles. The summed E-state index contributed by atoms with van der Waals surface area (Å²) in [5, 5.41) is 13.5. The Morgan fingerprint density at radius 1 is 1.30 bits per heavy atom. The first kappa shape index (κ1) is 13.7. The van der Waals surface area contributed by atoms with E-state index in [4.69, 9.17) is 0 Å². The van der Waals surface area contributed by atoms with Gasteiger partial charge in [0.25, 0.3) is 5.69 Å². The Morgan fingerprint density at radius 3 is 2.75 bits per heavy atom. The number of carbonyl (C=O) groups is 1. The van der Waals surface area contributed by atoms with Crippen LogP contribution in [0.2, 0.25) is 0 Å². The number of nitro groups is 1. The number of nitrogens with one attached hydrogen (secondary N) is 1. The molecule has 6 nitrogen and oxygen atoms in total. The van der Waals surface area contributed by atoms with E-state index in [1.165, 1.54) is 6.07 Å². The highest BCUT2D eigenvalue weighted by Gasteiger charge is 2.14. The van der Waals surface area contributed by atoms with Gasteiger partial charge in [-0.25, -0.2) is 0 Å².